The van der Waals surface area contributed by atoms with Gasteiger partial charge >= 0.3 is 5.97 Å². The number of carbonyl (C=O) groups is 1. The van der Waals surface area contributed by atoms with Crippen LogP contribution in [0.15, 0.2) is 43.0 Å². The molecule has 3 nitrogen and oxygen atoms in total. The Morgan fingerprint density at radius 2 is 2.06 bits per heavy atom. The molecule has 0 radical (unpaired) electrons. The lowest BCUT2D eigenvalue weighted by atomic mass is 9.85. The molecular weight excluding hydrogens is 214 g/mol. The quantitative estimate of drug-likeness (QED) is 0.627. The Labute approximate surface area is 102 Å². The van der Waals surface area contributed by atoms with E-state index >= 15 is 0 Å². The third-order valence-corrected chi connectivity index (χ3v) is 2.81. The standard InChI is InChI=1S/C14H19NO2/c1-4-14(2,3)12(15)13(16)17-10-11-8-6-5-7-9-11/h4-9,12H,1,10,15H2,2-3H3. The van der Waals surface area contributed by atoms with Crippen molar-refractivity contribution < 1.29 is 9.53 Å². The number of benzene rings is 1. The normalized spacial score (nSPS) is 12.9. The zero-order valence-corrected chi connectivity index (χ0v) is 10.3. The highest BCUT2D eigenvalue weighted by atomic mass is 16.5. The summed E-state index contributed by atoms with van der Waals surface area (Å²) >= 11 is 0. The summed E-state index contributed by atoms with van der Waals surface area (Å²) in [6.07, 6.45) is 1.67. The van der Waals surface area contributed by atoms with E-state index in [-0.39, 0.29) is 6.61 Å². The molecule has 0 saturated heterocycles. The van der Waals surface area contributed by atoms with Gasteiger partial charge in [-0.05, 0) is 5.56 Å². The minimum absolute atomic E-state index is 0.251. The van der Waals surface area contributed by atoms with E-state index in [9.17, 15) is 4.79 Å². The van der Waals surface area contributed by atoms with Crippen LogP contribution in [0, 0.1) is 5.41 Å². The van der Waals surface area contributed by atoms with Gasteiger partial charge in [0.2, 0.25) is 0 Å². The van der Waals surface area contributed by atoms with Gasteiger partial charge in [0.05, 0.1) is 0 Å². The Hall–Kier alpha value is -1.61. The number of ether oxygens (including phenoxy) is 1. The van der Waals surface area contributed by atoms with Crippen molar-refractivity contribution in [2.75, 3.05) is 0 Å². The zero-order valence-electron chi connectivity index (χ0n) is 10.3. The molecule has 1 aromatic carbocycles. The second-order valence-electron chi connectivity index (χ2n) is 4.60. The van der Waals surface area contributed by atoms with Gasteiger partial charge < -0.3 is 10.5 Å². The van der Waals surface area contributed by atoms with E-state index in [1.54, 1.807) is 6.08 Å². The van der Waals surface area contributed by atoms with Crippen LogP contribution in [0.2, 0.25) is 0 Å². The van der Waals surface area contributed by atoms with Crippen molar-refractivity contribution in [2.24, 2.45) is 11.1 Å². The predicted molar refractivity (Wildman–Crippen MR) is 68.2 cm³/mol. The molecule has 0 aliphatic heterocycles. The maximum atomic E-state index is 11.7. The lowest BCUT2D eigenvalue weighted by molar-refractivity contribution is -0.148. The molecule has 92 valence electrons. The largest absolute Gasteiger partial charge is 0.460 e. The first-order valence-corrected chi connectivity index (χ1v) is 5.57. The van der Waals surface area contributed by atoms with Gasteiger partial charge in [0.25, 0.3) is 0 Å². The van der Waals surface area contributed by atoms with E-state index in [2.05, 4.69) is 6.58 Å². The van der Waals surface area contributed by atoms with Gasteiger partial charge in [-0.15, -0.1) is 6.58 Å². The molecule has 0 aromatic heterocycles. The van der Waals surface area contributed by atoms with Crippen LogP contribution in [0.3, 0.4) is 0 Å². The molecule has 3 heteroatoms. The second kappa shape index (κ2) is 5.64. The lowest BCUT2D eigenvalue weighted by Gasteiger charge is -2.26. The van der Waals surface area contributed by atoms with Crippen LogP contribution in [0.25, 0.3) is 0 Å². The van der Waals surface area contributed by atoms with Crippen LogP contribution in [0.1, 0.15) is 19.4 Å². The molecule has 0 aliphatic rings. The molecule has 0 heterocycles. The summed E-state index contributed by atoms with van der Waals surface area (Å²) in [5.41, 5.74) is 6.31. The number of rotatable bonds is 5. The minimum atomic E-state index is -0.691. The molecule has 17 heavy (non-hydrogen) atoms. The molecule has 0 aliphatic carbocycles. The Balaban J connectivity index is 2.53. The Morgan fingerprint density at radius 3 is 2.59 bits per heavy atom. The van der Waals surface area contributed by atoms with Gasteiger partial charge in [-0.3, -0.25) is 4.79 Å². The third-order valence-electron chi connectivity index (χ3n) is 2.81. The van der Waals surface area contributed by atoms with Gasteiger partial charge in [-0.25, -0.2) is 0 Å². The fourth-order valence-corrected chi connectivity index (χ4v) is 1.25. The Morgan fingerprint density at radius 1 is 1.47 bits per heavy atom. The van der Waals surface area contributed by atoms with Gasteiger partial charge in [0.15, 0.2) is 0 Å². The number of esters is 1. The van der Waals surface area contributed by atoms with Crippen molar-refractivity contribution in [3.8, 4) is 0 Å². The molecular formula is C14H19NO2. The van der Waals surface area contributed by atoms with E-state index in [0.29, 0.717) is 0 Å². The summed E-state index contributed by atoms with van der Waals surface area (Å²) in [6.45, 7) is 7.63. The smallest absolute Gasteiger partial charge is 0.324 e. The molecule has 0 spiro atoms. The van der Waals surface area contributed by atoms with Crippen molar-refractivity contribution in [1.82, 2.24) is 0 Å². The highest BCUT2D eigenvalue weighted by molar-refractivity contribution is 5.76. The molecule has 0 bridgehead atoms. The van der Waals surface area contributed by atoms with Gasteiger partial charge in [0.1, 0.15) is 12.6 Å². The van der Waals surface area contributed by atoms with Crippen molar-refractivity contribution in [3.05, 3.63) is 48.6 Å². The van der Waals surface area contributed by atoms with Gasteiger partial charge in [-0.2, -0.15) is 0 Å². The monoisotopic (exact) mass is 233 g/mol. The number of hydrogen-bond donors (Lipinski definition) is 1. The number of hydrogen-bond acceptors (Lipinski definition) is 3. The SMILES string of the molecule is C=CC(C)(C)C(N)C(=O)OCc1ccccc1. The zero-order chi connectivity index (χ0) is 12.9. The summed E-state index contributed by atoms with van der Waals surface area (Å²) in [5.74, 6) is -0.404. The van der Waals surface area contributed by atoms with E-state index in [0.717, 1.165) is 5.56 Å². The van der Waals surface area contributed by atoms with E-state index in [1.165, 1.54) is 0 Å². The van der Waals surface area contributed by atoms with E-state index in [4.69, 9.17) is 10.5 Å². The maximum Gasteiger partial charge on any atom is 0.324 e. The summed E-state index contributed by atoms with van der Waals surface area (Å²) < 4.78 is 5.17. The van der Waals surface area contributed by atoms with Crippen molar-refractivity contribution in [2.45, 2.75) is 26.5 Å². The molecule has 1 unspecified atom stereocenters. The van der Waals surface area contributed by atoms with Crippen LogP contribution in [-0.2, 0) is 16.1 Å². The van der Waals surface area contributed by atoms with Crippen LogP contribution >= 0.6 is 0 Å². The average molecular weight is 233 g/mol. The molecule has 1 rings (SSSR count). The highest BCUT2D eigenvalue weighted by Gasteiger charge is 2.30. The first-order valence-electron chi connectivity index (χ1n) is 5.57. The van der Waals surface area contributed by atoms with Gasteiger partial charge in [-0.1, -0.05) is 50.3 Å². The summed E-state index contributed by atoms with van der Waals surface area (Å²) in [4.78, 5) is 11.7. The highest BCUT2D eigenvalue weighted by Crippen LogP contribution is 2.21. The van der Waals surface area contributed by atoms with Crippen LogP contribution in [-0.4, -0.2) is 12.0 Å². The number of nitrogens with two attached hydrogens (primary N) is 1. The average Bonchev–Trinajstić information content (AvgIpc) is 2.36. The Bertz CT molecular complexity index is 384. The van der Waals surface area contributed by atoms with Gasteiger partial charge in [0, 0.05) is 5.41 Å². The molecule has 2 N–H and O–H groups in total. The minimum Gasteiger partial charge on any atom is -0.460 e. The maximum absolute atomic E-state index is 11.7. The Kier molecular flexibility index (Phi) is 4.46. The fourth-order valence-electron chi connectivity index (χ4n) is 1.25. The number of carbonyl (C=O) groups excluding carboxylic acids is 1. The summed E-state index contributed by atoms with van der Waals surface area (Å²) in [7, 11) is 0. The fraction of sp³-hybridized carbons (Fsp3) is 0.357. The topological polar surface area (TPSA) is 52.3 Å². The molecule has 1 aromatic rings. The molecule has 0 fully saturated rings. The predicted octanol–water partition coefficient (Wildman–Crippen LogP) is 2.27. The van der Waals surface area contributed by atoms with Crippen molar-refractivity contribution >= 4 is 5.97 Å². The molecule has 1 atom stereocenters. The van der Waals surface area contributed by atoms with Crippen molar-refractivity contribution in [3.63, 3.8) is 0 Å². The first kappa shape index (κ1) is 13.5. The molecule has 0 amide bonds. The van der Waals surface area contributed by atoms with Crippen LogP contribution in [0.5, 0.6) is 0 Å². The summed E-state index contributed by atoms with van der Waals surface area (Å²) in [5, 5.41) is 0. The lowest BCUT2D eigenvalue weighted by Crippen LogP contribution is -2.43. The second-order valence-corrected chi connectivity index (χ2v) is 4.60. The van der Waals surface area contributed by atoms with Crippen molar-refractivity contribution in [1.29, 1.82) is 0 Å². The van der Waals surface area contributed by atoms with Crippen LogP contribution < -0.4 is 5.73 Å². The molecule has 0 saturated carbocycles. The van der Waals surface area contributed by atoms with E-state index < -0.39 is 17.4 Å². The first-order chi connectivity index (χ1) is 7.97. The third kappa shape index (κ3) is 3.71. The van der Waals surface area contributed by atoms with Crippen LogP contribution in [0.4, 0.5) is 0 Å². The van der Waals surface area contributed by atoms with E-state index in [1.807, 2.05) is 44.2 Å². The summed E-state index contributed by atoms with van der Waals surface area (Å²) in [6, 6.07) is 8.82.